The van der Waals surface area contributed by atoms with Gasteiger partial charge in [-0.05, 0) is 30.5 Å². The zero-order chi connectivity index (χ0) is 17.9. The zero-order valence-electron chi connectivity index (χ0n) is 14.8. The SMILES string of the molecule is Cc1[nH]c2ccccc2c1C(=O)C[n+]1ccc(Cc2ccccc2)cc1. The Hall–Kier alpha value is -3.20. The molecule has 0 aliphatic heterocycles. The van der Waals surface area contributed by atoms with Gasteiger partial charge in [-0.25, -0.2) is 0 Å². The van der Waals surface area contributed by atoms with Gasteiger partial charge < -0.3 is 4.98 Å². The number of ketones is 1. The highest BCUT2D eigenvalue weighted by Crippen LogP contribution is 2.22. The Bertz CT molecular complexity index is 1050. The number of para-hydroxylation sites is 1. The van der Waals surface area contributed by atoms with Crippen LogP contribution in [0.2, 0.25) is 0 Å². The first-order chi connectivity index (χ1) is 12.7. The summed E-state index contributed by atoms with van der Waals surface area (Å²) in [5.41, 5.74) is 5.26. The molecule has 128 valence electrons. The fraction of sp³-hybridized carbons (Fsp3) is 0.130. The summed E-state index contributed by atoms with van der Waals surface area (Å²) in [6, 6.07) is 22.5. The molecule has 0 bridgehead atoms. The molecule has 26 heavy (non-hydrogen) atoms. The lowest BCUT2D eigenvalue weighted by atomic mass is 10.1. The Balaban J connectivity index is 1.52. The highest BCUT2D eigenvalue weighted by molar-refractivity contribution is 6.08. The van der Waals surface area contributed by atoms with E-state index in [9.17, 15) is 4.79 Å². The minimum Gasteiger partial charge on any atom is -0.358 e. The first kappa shape index (κ1) is 16.3. The summed E-state index contributed by atoms with van der Waals surface area (Å²) in [6.07, 6.45) is 4.87. The number of nitrogens with zero attached hydrogens (tertiary/aromatic N) is 1. The standard InChI is InChI=1S/C23H20N2O/c1-17-23(20-9-5-6-10-21(20)24-17)22(26)16-25-13-11-19(12-14-25)15-18-7-3-2-4-8-18/h2-14H,15-16H2,1H3/p+1. The van der Waals surface area contributed by atoms with E-state index in [1.165, 1.54) is 11.1 Å². The first-order valence-corrected chi connectivity index (χ1v) is 8.83. The van der Waals surface area contributed by atoms with Gasteiger partial charge in [-0.15, -0.1) is 0 Å². The Kier molecular flexibility index (Phi) is 4.36. The summed E-state index contributed by atoms with van der Waals surface area (Å²) in [5.74, 6) is 0.126. The molecule has 0 saturated heterocycles. The number of pyridine rings is 1. The van der Waals surface area contributed by atoms with Crippen LogP contribution in [0, 0.1) is 6.92 Å². The van der Waals surface area contributed by atoms with Gasteiger partial charge in [-0.3, -0.25) is 4.79 Å². The molecular formula is C23H21N2O+. The van der Waals surface area contributed by atoms with Crippen LogP contribution in [0.1, 0.15) is 27.2 Å². The molecule has 2 aromatic heterocycles. The van der Waals surface area contributed by atoms with Gasteiger partial charge in [-0.2, -0.15) is 4.57 Å². The van der Waals surface area contributed by atoms with E-state index in [0.717, 1.165) is 28.6 Å². The van der Waals surface area contributed by atoms with Gasteiger partial charge in [0.05, 0.1) is 5.56 Å². The largest absolute Gasteiger partial charge is 0.358 e. The van der Waals surface area contributed by atoms with Gasteiger partial charge in [0.2, 0.25) is 12.3 Å². The van der Waals surface area contributed by atoms with Crippen LogP contribution >= 0.6 is 0 Å². The molecule has 2 heterocycles. The molecule has 0 fully saturated rings. The second kappa shape index (κ2) is 6.96. The van der Waals surface area contributed by atoms with E-state index < -0.39 is 0 Å². The smallest absolute Gasteiger partial charge is 0.229 e. The molecule has 0 aliphatic carbocycles. The number of Topliss-reactive ketones (excluding diaryl/α,β-unsaturated/α-hetero) is 1. The number of rotatable bonds is 5. The number of hydrogen-bond acceptors (Lipinski definition) is 1. The Morgan fingerprint density at radius 3 is 2.31 bits per heavy atom. The van der Waals surface area contributed by atoms with Crippen molar-refractivity contribution < 1.29 is 9.36 Å². The second-order valence-corrected chi connectivity index (χ2v) is 6.63. The summed E-state index contributed by atoms with van der Waals surface area (Å²) in [6.45, 7) is 2.30. The van der Waals surface area contributed by atoms with Crippen molar-refractivity contribution >= 4 is 16.7 Å². The van der Waals surface area contributed by atoms with Crippen molar-refractivity contribution in [3.8, 4) is 0 Å². The van der Waals surface area contributed by atoms with Crippen molar-refractivity contribution in [1.82, 2.24) is 4.98 Å². The van der Waals surface area contributed by atoms with Gasteiger partial charge in [0.25, 0.3) is 0 Å². The highest BCUT2D eigenvalue weighted by Gasteiger charge is 2.19. The number of nitrogens with one attached hydrogen (secondary N) is 1. The predicted octanol–water partition coefficient (Wildman–Crippen LogP) is 4.24. The average molecular weight is 341 g/mol. The van der Waals surface area contributed by atoms with Crippen LogP contribution in [0.25, 0.3) is 10.9 Å². The number of benzene rings is 2. The van der Waals surface area contributed by atoms with Crippen LogP contribution in [0.15, 0.2) is 79.1 Å². The Morgan fingerprint density at radius 1 is 0.885 bits per heavy atom. The number of hydrogen-bond donors (Lipinski definition) is 1. The molecular weight excluding hydrogens is 320 g/mol. The molecule has 0 atom stereocenters. The van der Waals surface area contributed by atoms with E-state index in [-0.39, 0.29) is 5.78 Å². The van der Waals surface area contributed by atoms with Crippen molar-refractivity contribution in [2.75, 3.05) is 0 Å². The summed E-state index contributed by atoms with van der Waals surface area (Å²) in [4.78, 5) is 16.1. The van der Waals surface area contributed by atoms with Gasteiger partial charge in [-0.1, -0.05) is 48.5 Å². The van der Waals surface area contributed by atoms with E-state index in [4.69, 9.17) is 0 Å². The molecule has 0 radical (unpaired) electrons. The Morgan fingerprint density at radius 2 is 1.54 bits per heavy atom. The normalized spacial score (nSPS) is 11.0. The van der Waals surface area contributed by atoms with Crippen LogP contribution in [0.3, 0.4) is 0 Å². The van der Waals surface area contributed by atoms with Crippen molar-refractivity contribution in [3.63, 3.8) is 0 Å². The lowest BCUT2D eigenvalue weighted by Gasteiger charge is -2.02. The van der Waals surface area contributed by atoms with E-state index in [1.807, 2.05) is 54.2 Å². The molecule has 0 spiro atoms. The highest BCUT2D eigenvalue weighted by atomic mass is 16.1. The summed E-state index contributed by atoms with van der Waals surface area (Å²) in [7, 11) is 0. The number of carbonyl (C=O) groups excluding carboxylic acids is 1. The monoisotopic (exact) mass is 341 g/mol. The lowest BCUT2D eigenvalue weighted by molar-refractivity contribution is -0.683. The molecule has 2 aromatic carbocycles. The average Bonchev–Trinajstić information content (AvgIpc) is 3.00. The van der Waals surface area contributed by atoms with E-state index in [0.29, 0.717) is 6.54 Å². The fourth-order valence-electron chi connectivity index (χ4n) is 3.42. The van der Waals surface area contributed by atoms with E-state index >= 15 is 0 Å². The minimum absolute atomic E-state index is 0.126. The summed E-state index contributed by atoms with van der Waals surface area (Å²) >= 11 is 0. The fourth-order valence-corrected chi connectivity index (χ4v) is 3.42. The van der Waals surface area contributed by atoms with E-state index in [2.05, 4.69) is 41.4 Å². The van der Waals surface area contributed by atoms with Gasteiger partial charge >= 0.3 is 0 Å². The molecule has 0 amide bonds. The van der Waals surface area contributed by atoms with Gasteiger partial charge in [0.1, 0.15) is 0 Å². The van der Waals surface area contributed by atoms with E-state index in [1.54, 1.807) is 0 Å². The van der Waals surface area contributed by atoms with Gasteiger partial charge in [0, 0.05) is 28.7 Å². The topological polar surface area (TPSA) is 36.7 Å². The number of carbonyl (C=O) groups is 1. The van der Waals surface area contributed by atoms with Crippen molar-refractivity contribution in [2.45, 2.75) is 19.9 Å². The third-order valence-corrected chi connectivity index (χ3v) is 4.71. The predicted molar refractivity (Wildman–Crippen MR) is 103 cm³/mol. The molecule has 0 saturated carbocycles. The molecule has 0 aliphatic rings. The van der Waals surface area contributed by atoms with Crippen molar-refractivity contribution in [1.29, 1.82) is 0 Å². The van der Waals surface area contributed by atoms with Gasteiger partial charge in [0.15, 0.2) is 12.4 Å². The Labute approximate surface area is 152 Å². The third-order valence-electron chi connectivity index (χ3n) is 4.71. The maximum Gasteiger partial charge on any atom is 0.229 e. The first-order valence-electron chi connectivity index (χ1n) is 8.83. The van der Waals surface area contributed by atoms with Crippen LogP contribution in [-0.4, -0.2) is 10.8 Å². The molecule has 0 unspecified atom stereocenters. The zero-order valence-corrected chi connectivity index (χ0v) is 14.8. The number of fused-ring (bicyclic) bond motifs is 1. The molecule has 4 rings (SSSR count). The maximum absolute atomic E-state index is 12.8. The lowest BCUT2D eigenvalue weighted by Crippen LogP contribution is -2.37. The second-order valence-electron chi connectivity index (χ2n) is 6.63. The summed E-state index contributed by atoms with van der Waals surface area (Å²) < 4.78 is 1.94. The number of aromatic nitrogens is 2. The molecule has 3 nitrogen and oxygen atoms in total. The summed E-state index contributed by atoms with van der Waals surface area (Å²) in [5, 5.41) is 0.997. The van der Waals surface area contributed by atoms with Crippen LogP contribution < -0.4 is 4.57 Å². The van der Waals surface area contributed by atoms with Crippen LogP contribution in [-0.2, 0) is 13.0 Å². The number of aromatic amines is 1. The number of H-pyrrole nitrogens is 1. The molecule has 4 aromatic rings. The quantitative estimate of drug-likeness (QED) is 0.428. The van der Waals surface area contributed by atoms with Crippen molar-refractivity contribution in [3.05, 3.63) is 102 Å². The van der Waals surface area contributed by atoms with Crippen LogP contribution in [0.4, 0.5) is 0 Å². The van der Waals surface area contributed by atoms with Crippen LogP contribution in [0.5, 0.6) is 0 Å². The molecule has 1 N–H and O–H groups in total. The minimum atomic E-state index is 0.126. The maximum atomic E-state index is 12.8. The molecule has 3 heteroatoms. The van der Waals surface area contributed by atoms with Crippen molar-refractivity contribution in [2.24, 2.45) is 0 Å². The number of aryl methyl sites for hydroxylation is 1. The third kappa shape index (κ3) is 3.29.